The second-order valence-electron chi connectivity index (χ2n) is 8.24. The van der Waals surface area contributed by atoms with Crippen molar-refractivity contribution in [2.75, 3.05) is 30.2 Å². The van der Waals surface area contributed by atoms with Crippen LogP contribution >= 0.6 is 0 Å². The zero-order chi connectivity index (χ0) is 21.8. The average Bonchev–Trinajstić information content (AvgIpc) is 2.77. The molecule has 2 aromatic carbocycles. The molecule has 1 fully saturated rings. The van der Waals surface area contributed by atoms with E-state index in [9.17, 15) is 13.2 Å². The van der Waals surface area contributed by atoms with E-state index in [2.05, 4.69) is 22.3 Å². The molecule has 4 rings (SSSR count). The van der Waals surface area contributed by atoms with Gasteiger partial charge in [0.15, 0.2) is 6.10 Å². The highest BCUT2D eigenvalue weighted by atomic mass is 32.2. The standard InChI is InChI=1S/C23H29N3O4S/c1-31(28,29)26-17-22(30-21-11-4-3-10-20(21)26)23(27)24-15-18-8-7-9-19(14-18)16-25-12-5-2-6-13-25/h3-4,7-11,14,22H,2,5-6,12-13,15-17H2,1H3,(H,24,27)/t22-/m0/s1. The monoisotopic (exact) mass is 443 g/mol. The van der Waals surface area contributed by atoms with Crippen LogP contribution in [-0.2, 0) is 27.9 Å². The van der Waals surface area contributed by atoms with Gasteiger partial charge in [-0.15, -0.1) is 0 Å². The lowest BCUT2D eigenvalue weighted by molar-refractivity contribution is -0.127. The maximum Gasteiger partial charge on any atom is 0.263 e. The van der Waals surface area contributed by atoms with Gasteiger partial charge < -0.3 is 10.1 Å². The Morgan fingerprint density at radius 1 is 1.06 bits per heavy atom. The van der Waals surface area contributed by atoms with Gasteiger partial charge in [-0.3, -0.25) is 14.0 Å². The van der Waals surface area contributed by atoms with Gasteiger partial charge in [-0.05, 0) is 49.2 Å². The third-order valence-corrected chi connectivity index (χ3v) is 6.89. The fourth-order valence-corrected chi connectivity index (χ4v) is 5.08. The summed E-state index contributed by atoms with van der Waals surface area (Å²) in [5.74, 6) is 0.0624. The average molecular weight is 444 g/mol. The van der Waals surface area contributed by atoms with E-state index in [0.717, 1.165) is 31.5 Å². The number of amides is 1. The Bertz CT molecular complexity index is 1030. The molecule has 1 atom stereocenters. The minimum absolute atomic E-state index is 0.0450. The zero-order valence-electron chi connectivity index (χ0n) is 17.8. The Labute approximate surface area is 184 Å². The molecule has 0 radical (unpaired) electrons. The number of nitrogens with one attached hydrogen (secondary N) is 1. The Kier molecular flexibility index (Phi) is 6.48. The van der Waals surface area contributed by atoms with Crippen LogP contribution in [0.4, 0.5) is 5.69 Å². The predicted molar refractivity (Wildman–Crippen MR) is 120 cm³/mol. The molecule has 0 aliphatic carbocycles. The molecule has 2 aliphatic heterocycles. The topological polar surface area (TPSA) is 79.0 Å². The second kappa shape index (κ2) is 9.28. The number of rotatable bonds is 6. The number of hydrogen-bond acceptors (Lipinski definition) is 5. The summed E-state index contributed by atoms with van der Waals surface area (Å²) in [6.07, 6.45) is 4.06. The predicted octanol–water partition coefficient (Wildman–Crippen LogP) is 2.52. The third kappa shape index (κ3) is 5.37. The van der Waals surface area contributed by atoms with Crippen molar-refractivity contribution in [3.05, 3.63) is 59.7 Å². The van der Waals surface area contributed by atoms with Gasteiger partial charge in [-0.25, -0.2) is 8.42 Å². The van der Waals surface area contributed by atoms with Crippen molar-refractivity contribution in [1.82, 2.24) is 10.2 Å². The maximum atomic E-state index is 12.8. The van der Waals surface area contributed by atoms with Crippen molar-refractivity contribution in [1.29, 1.82) is 0 Å². The zero-order valence-corrected chi connectivity index (χ0v) is 18.6. The summed E-state index contributed by atoms with van der Waals surface area (Å²) in [6, 6.07) is 15.1. The van der Waals surface area contributed by atoms with Crippen molar-refractivity contribution in [3.63, 3.8) is 0 Å². The first-order valence-corrected chi connectivity index (χ1v) is 12.6. The normalized spacial score (nSPS) is 19.4. The Morgan fingerprint density at radius 3 is 2.58 bits per heavy atom. The van der Waals surface area contributed by atoms with Gasteiger partial charge in [0.25, 0.3) is 5.91 Å². The first-order chi connectivity index (χ1) is 14.9. The molecule has 2 heterocycles. The number of sulfonamides is 1. The van der Waals surface area contributed by atoms with Gasteiger partial charge in [-0.2, -0.15) is 0 Å². The maximum absolute atomic E-state index is 12.8. The summed E-state index contributed by atoms with van der Waals surface area (Å²) in [4.78, 5) is 15.3. The molecule has 0 aromatic heterocycles. The number of hydrogen-bond donors (Lipinski definition) is 1. The molecule has 31 heavy (non-hydrogen) atoms. The molecule has 166 valence electrons. The first-order valence-electron chi connectivity index (χ1n) is 10.7. The minimum Gasteiger partial charge on any atom is -0.476 e. The number of ether oxygens (including phenoxy) is 1. The molecule has 2 aliphatic rings. The van der Waals surface area contributed by atoms with Crippen molar-refractivity contribution in [2.45, 2.75) is 38.5 Å². The summed E-state index contributed by atoms with van der Waals surface area (Å²) in [5.41, 5.74) is 2.71. The molecular formula is C23H29N3O4S. The van der Waals surface area contributed by atoms with Crippen LogP contribution in [0.25, 0.3) is 0 Å². The lowest BCUT2D eigenvalue weighted by Crippen LogP contribution is -2.50. The highest BCUT2D eigenvalue weighted by Gasteiger charge is 2.34. The number of anilines is 1. The van der Waals surface area contributed by atoms with E-state index in [1.807, 2.05) is 12.1 Å². The van der Waals surface area contributed by atoms with Gasteiger partial charge >= 0.3 is 0 Å². The molecule has 0 spiro atoms. The molecule has 0 bridgehead atoms. The summed E-state index contributed by atoms with van der Waals surface area (Å²) in [5, 5.41) is 2.90. The Morgan fingerprint density at radius 2 is 1.81 bits per heavy atom. The molecule has 2 aromatic rings. The summed E-state index contributed by atoms with van der Waals surface area (Å²) >= 11 is 0. The Hall–Kier alpha value is -2.58. The number of fused-ring (bicyclic) bond motifs is 1. The van der Waals surface area contributed by atoms with E-state index in [-0.39, 0.29) is 12.5 Å². The molecular weight excluding hydrogens is 414 g/mol. The van der Waals surface area contributed by atoms with E-state index in [1.54, 1.807) is 24.3 Å². The quantitative estimate of drug-likeness (QED) is 0.742. The molecule has 0 saturated carbocycles. The SMILES string of the molecule is CS(=O)(=O)N1C[C@@H](C(=O)NCc2cccc(CN3CCCCC3)c2)Oc2ccccc21. The van der Waals surface area contributed by atoms with E-state index in [1.165, 1.54) is 29.1 Å². The fourth-order valence-electron chi connectivity index (χ4n) is 4.17. The Balaban J connectivity index is 1.39. The smallest absolute Gasteiger partial charge is 0.263 e. The van der Waals surface area contributed by atoms with Crippen LogP contribution in [0, 0.1) is 0 Å². The van der Waals surface area contributed by atoms with Gasteiger partial charge in [0.05, 0.1) is 18.5 Å². The molecule has 0 unspecified atom stereocenters. The largest absolute Gasteiger partial charge is 0.476 e. The lowest BCUT2D eigenvalue weighted by atomic mass is 10.1. The van der Waals surface area contributed by atoms with Crippen LogP contribution in [0.5, 0.6) is 5.75 Å². The number of benzene rings is 2. The molecule has 1 N–H and O–H groups in total. The van der Waals surface area contributed by atoms with Crippen LogP contribution in [0.2, 0.25) is 0 Å². The molecule has 7 nitrogen and oxygen atoms in total. The van der Waals surface area contributed by atoms with Crippen LogP contribution in [0.15, 0.2) is 48.5 Å². The highest BCUT2D eigenvalue weighted by Crippen LogP contribution is 2.34. The van der Waals surface area contributed by atoms with E-state index in [0.29, 0.717) is 18.0 Å². The number of likely N-dealkylation sites (tertiary alicyclic amines) is 1. The number of para-hydroxylation sites is 2. The van der Waals surface area contributed by atoms with E-state index < -0.39 is 16.1 Å². The lowest BCUT2D eigenvalue weighted by Gasteiger charge is -2.33. The van der Waals surface area contributed by atoms with Crippen molar-refractivity contribution >= 4 is 21.6 Å². The van der Waals surface area contributed by atoms with Crippen LogP contribution < -0.4 is 14.4 Å². The number of carbonyl (C=O) groups is 1. The summed E-state index contributed by atoms with van der Waals surface area (Å²) in [6.45, 7) is 3.52. The molecule has 1 amide bonds. The fraction of sp³-hybridized carbons (Fsp3) is 0.435. The first kappa shape index (κ1) is 21.6. The van der Waals surface area contributed by atoms with Gasteiger partial charge in [0, 0.05) is 13.1 Å². The number of carbonyl (C=O) groups excluding carboxylic acids is 1. The van der Waals surface area contributed by atoms with Crippen LogP contribution in [-0.4, -0.2) is 51.2 Å². The van der Waals surface area contributed by atoms with Crippen molar-refractivity contribution in [2.24, 2.45) is 0 Å². The van der Waals surface area contributed by atoms with Gasteiger partial charge in [-0.1, -0.05) is 42.8 Å². The number of nitrogens with zero attached hydrogens (tertiary/aromatic N) is 2. The third-order valence-electron chi connectivity index (χ3n) is 5.74. The van der Waals surface area contributed by atoms with Crippen molar-refractivity contribution < 1.29 is 17.9 Å². The molecule has 8 heteroatoms. The number of piperidine rings is 1. The highest BCUT2D eigenvalue weighted by molar-refractivity contribution is 7.92. The minimum atomic E-state index is -3.52. The van der Waals surface area contributed by atoms with E-state index in [4.69, 9.17) is 4.74 Å². The van der Waals surface area contributed by atoms with E-state index >= 15 is 0 Å². The summed E-state index contributed by atoms with van der Waals surface area (Å²) in [7, 11) is -3.52. The van der Waals surface area contributed by atoms with Gasteiger partial charge in [0.2, 0.25) is 10.0 Å². The molecule has 1 saturated heterocycles. The van der Waals surface area contributed by atoms with Gasteiger partial charge in [0.1, 0.15) is 5.75 Å². The van der Waals surface area contributed by atoms with Crippen LogP contribution in [0.1, 0.15) is 30.4 Å². The van der Waals surface area contributed by atoms with Crippen molar-refractivity contribution in [3.8, 4) is 5.75 Å². The van der Waals surface area contributed by atoms with Crippen LogP contribution in [0.3, 0.4) is 0 Å². The summed E-state index contributed by atoms with van der Waals surface area (Å²) < 4.78 is 31.5. The second-order valence-corrected chi connectivity index (χ2v) is 10.1.